The van der Waals surface area contributed by atoms with E-state index in [1.807, 2.05) is 24.3 Å². The van der Waals surface area contributed by atoms with Crippen LogP contribution in [0.25, 0.3) is 0 Å². The van der Waals surface area contributed by atoms with Crippen molar-refractivity contribution in [1.29, 1.82) is 0 Å². The summed E-state index contributed by atoms with van der Waals surface area (Å²) in [6.45, 7) is 4.09. The first-order valence-corrected chi connectivity index (χ1v) is 6.16. The summed E-state index contributed by atoms with van der Waals surface area (Å²) < 4.78 is 0. The number of thiocarbonyl (C=S) groups is 1. The Morgan fingerprint density at radius 1 is 1.18 bits per heavy atom. The lowest BCUT2D eigenvalue weighted by Crippen LogP contribution is -2.48. The Morgan fingerprint density at radius 3 is 2.35 bits per heavy atom. The number of hydrogen-bond donors (Lipinski definition) is 2. The number of anilines is 2. The second-order valence-electron chi connectivity index (χ2n) is 4.34. The van der Waals surface area contributed by atoms with Gasteiger partial charge in [0.1, 0.15) is 0 Å². The van der Waals surface area contributed by atoms with Gasteiger partial charge in [-0.25, -0.2) is 0 Å². The predicted octanol–water partition coefficient (Wildman–Crippen LogP) is 1.21. The molecular formula is C12H18N4S. The number of nitrogens with two attached hydrogens (primary N) is 1. The molecule has 17 heavy (non-hydrogen) atoms. The zero-order valence-corrected chi connectivity index (χ0v) is 10.8. The molecule has 1 fully saturated rings. The zero-order valence-electron chi connectivity index (χ0n) is 10.0. The largest absolute Gasteiger partial charge is 0.399 e. The highest BCUT2D eigenvalue weighted by Gasteiger charge is 2.15. The molecule has 1 heterocycles. The van der Waals surface area contributed by atoms with Gasteiger partial charge in [-0.3, -0.25) is 0 Å². The lowest BCUT2D eigenvalue weighted by atomic mass is 10.3. The Kier molecular flexibility index (Phi) is 3.81. The SMILES string of the molecule is CN1CCN(C(=S)Nc2ccc(N)cc2)CC1. The zero-order chi connectivity index (χ0) is 12.3. The van der Waals surface area contributed by atoms with E-state index in [9.17, 15) is 0 Å². The maximum absolute atomic E-state index is 5.64. The molecule has 5 heteroatoms. The molecule has 0 radical (unpaired) electrons. The molecule has 92 valence electrons. The number of rotatable bonds is 1. The normalized spacial score (nSPS) is 16.9. The standard InChI is InChI=1S/C12H18N4S/c1-15-6-8-16(9-7-15)12(17)14-11-4-2-10(13)3-5-11/h2-5H,6-9,13H2,1H3,(H,14,17). The van der Waals surface area contributed by atoms with Crippen LogP contribution >= 0.6 is 12.2 Å². The molecule has 0 spiro atoms. The molecule has 1 aliphatic heterocycles. The summed E-state index contributed by atoms with van der Waals surface area (Å²) in [7, 11) is 2.13. The van der Waals surface area contributed by atoms with Crippen LogP contribution in [0, 0.1) is 0 Å². The van der Waals surface area contributed by atoms with Crippen molar-refractivity contribution in [2.24, 2.45) is 0 Å². The van der Waals surface area contributed by atoms with Crippen LogP contribution < -0.4 is 11.1 Å². The van der Waals surface area contributed by atoms with Crippen LogP contribution in [-0.2, 0) is 0 Å². The Hall–Kier alpha value is -1.33. The lowest BCUT2D eigenvalue weighted by molar-refractivity contribution is 0.217. The number of nitrogen functional groups attached to an aromatic ring is 1. The maximum Gasteiger partial charge on any atom is 0.173 e. The summed E-state index contributed by atoms with van der Waals surface area (Å²) in [6.07, 6.45) is 0. The maximum atomic E-state index is 5.64. The van der Waals surface area contributed by atoms with Crippen molar-refractivity contribution in [1.82, 2.24) is 9.80 Å². The van der Waals surface area contributed by atoms with Crippen LogP contribution in [0.5, 0.6) is 0 Å². The molecule has 1 aromatic carbocycles. The van der Waals surface area contributed by atoms with E-state index in [1.165, 1.54) is 0 Å². The van der Waals surface area contributed by atoms with Gasteiger partial charge < -0.3 is 20.9 Å². The molecule has 0 bridgehead atoms. The Morgan fingerprint density at radius 2 is 1.76 bits per heavy atom. The van der Waals surface area contributed by atoms with Gasteiger partial charge in [-0.15, -0.1) is 0 Å². The highest BCUT2D eigenvalue weighted by Crippen LogP contribution is 2.12. The van der Waals surface area contributed by atoms with Crippen molar-refractivity contribution >= 4 is 28.7 Å². The molecule has 3 N–H and O–H groups in total. The molecule has 1 saturated heterocycles. The van der Waals surface area contributed by atoms with Gasteiger partial charge in [0.15, 0.2) is 5.11 Å². The molecule has 2 rings (SSSR count). The van der Waals surface area contributed by atoms with Crippen molar-refractivity contribution in [3.63, 3.8) is 0 Å². The van der Waals surface area contributed by atoms with Crippen LogP contribution in [0.1, 0.15) is 0 Å². The summed E-state index contributed by atoms with van der Waals surface area (Å²) >= 11 is 5.39. The number of likely N-dealkylation sites (N-methyl/N-ethyl adjacent to an activating group) is 1. The minimum absolute atomic E-state index is 0.765. The summed E-state index contributed by atoms with van der Waals surface area (Å²) in [5.41, 5.74) is 7.39. The predicted molar refractivity (Wildman–Crippen MR) is 76.1 cm³/mol. The van der Waals surface area contributed by atoms with Gasteiger partial charge in [-0.1, -0.05) is 0 Å². The van der Waals surface area contributed by atoms with Gasteiger partial charge in [0.05, 0.1) is 0 Å². The van der Waals surface area contributed by atoms with Crippen LogP contribution in [0.4, 0.5) is 11.4 Å². The van der Waals surface area contributed by atoms with Gasteiger partial charge in [-0.05, 0) is 43.5 Å². The topological polar surface area (TPSA) is 44.5 Å². The van der Waals surface area contributed by atoms with Gasteiger partial charge >= 0.3 is 0 Å². The van der Waals surface area contributed by atoms with E-state index >= 15 is 0 Å². The van der Waals surface area contributed by atoms with Crippen molar-refractivity contribution in [3.8, 4) is 0 Å². The number of benzene rings is 1. The molecule has 0 aromatic heterocycles. The minimum atomic E-state index is 0.765. The van der Waals surface area contributed by atoms with Crippen molar-refractivity contribution < 1.29 is 0 Å². The number of piperazine rings is 1. The van der Waals surface area contributed by atoms with E-state index < -0.39 is 0 Å². The van der Waals surface area contributed by atoms with E-state index in [1.54, 1.807) is 0 Å². The fraction of sp³-hybridized carbons (Fsp3) is 0.417. The number of nitrogens with zero attached hydrogens (tertiary/aromatic N) is 2. The Balaban J connectivity index is 1.90. The summed E-state index contributed by atoms with van der Waals surface area (Å²) in [5.74, 6) is 0. The Bertz CT molecular complexity index is 382. The van der Waals surface area contributed by atoms with E-state index in [2.05, 4.69) is 22.2 Å². The van der Waals surface area contributed by atoms with Crippen LogP contribution in [0.2, 0.25) is 0 Å². The van der Waals surface area contributed by atoms with Crippen molar-refractivity contribution in [2.75, 3.05) is 44.3 Å². The third-order valence-corrected chi connectivity index (χ3v) is 3.31. The molecule has 0 unspecified atom stereocenters. The molecule has 0 atom stereocenters. The fourth-order valence-corrected chi connectivity index (χ4v) is 2.08. The van der Waals surface area contributed by atoms with Gasteiger partial charge in [0, 0.05) is 37.6 Å². The molecule has 1 aromatic rings. The highest BCUT2D eigenvalue weighted by atomic mass is 32.1. The quantitative estimate of drug-likeness (QED) is 0.579. The van der Waals surface area contributed by atoms with Crippen molar-refractivity contribution in [3.05, 3.63) is 24.3 Å². The smallest absolute Gasteiger partial charge is 0.173 e. The fourth-order valence-electron chi connectivity index (χ4n) is 1.78. The number of hydrogen-bond acceptors (Lipinski definition) is 3. The summed E-state index contributed by atoms with van der Waals surface area (Å²) in [6, 6.07) is 7.62. The first-order chi connectivity index (χ1) is 8.15. The molecule has 4 nitrogen and oxygen atoms in total. The van der Waals surface area contributed by atoms with Gasteiger partial charge in [0.25, 0.3) is 0 Å². The second kappa shape index (κ2) is 5.33. The second-order valence-corrected chi connectivity index (χ2v) is 4.73. The molecular weight excluding hydrogens is 232 g/mol. The van der Waals surface area contributed by atoms with Crippen molar-refractivity contribution in [2.45, 2.75) is 0 Å². The van der Waals surface area contributed by atoms with Crippen LogP contribution in [-0.4, -0.2) is 48.1 Å². The Labute approximate surface area is 107 Å². The monoisotopic (exact) mass is 250 g/mol. The van der Waals surface area contributed by atoms with E-state index in [-0.39, 0.29) is 0 Å². The van der Waals surface area contributed by atoms with Gasteiger partial charge in [0.2, 0.25) is 0 Å². The molecule has 0 aliphatic carbocycles. The first-order valence-electron chi connectivity index (χ1n) is 5.75. The molecule has 0 amide bonds. The third-order valence-electron chi connectivity index (χ3n) is 2.95. The van der Waals surface area contributed by atoms with E-state index in [0.29, 0.717) is 0 Å². The van der Waals surface area contributed by atoms with Crippen LogP contribution in [0.15, 0.2) is 24.3 Å². The average Bonchev–Trinajstić information content (AvgIpc) is 2.33. The molecule has 1 aliphatic rings. The minimum Gasteiger partial charge on any atom is -0.399 e. The third kappa shape index (κ3) is 3.31. The van der Waals surface area contributed by atoms with E-state index in [4.69, 9.17) is 18.0 Å². The van der Waals surface area contributed by atoms with E-state index in [0.717, 1.165) is 42.7 Å². The lowest BCUT2D eigenvalue weighted by Gasteiger charge is -2.34. The highest BCUT2D eigenvalue weighted by molar-refractivity contribution is 7.80. The average molecular weight is 250 g/mol. The number of nitrogens with one attached hydrogen (secondary N) is 1. The van der Waals surface area contributed by atoms with Crippen LogP contribution in [0.3, 0.4) is 0 Å². The summed E-state index contributed by atoms with van der Waals surface area (Å²) in [4.78, 5) is 4.51. The summed E-state index contributed by atoms with van der Waals surface area (Å²) in [5, 5.41) is 4.03. The molecule has 0 saturated carbocycles. The van der Waals surface area contributed by atoms with Gasteiger partial charge in [-0.2, -0.15) is 0 Å². The first kappa shape index (κ1) is 12.1.